The smallest absolute Gasteiger partial charge is 0.269 e. The number of hydrogen-bond donors (Lipinski definition) is 0. The monoisotopic (exact) mass is 789 g/mol. The van der Waals surface area contributed by atoms with Crippen LogP contribution in [0, 0.1) is 6.92 Å². The number of thiazole rings is 2. The van der Waals surface area contributed by atoms with Crippen molar-refractivity contribution in [1.82, 2.24) is 4.57 Å². The highest BCUT2D eigenvalue weighted by atomic mass is 32.2. The summed E-state index contributed by atoms with van der Waals surface area (Å²) >= 11 is 5.18. The average Bonchev–Trinajstić information content (AvgIpc) is 3.83. The van der Waals surface area contributed by atoms with Gasteiger partial charge in [-0.05, 0) is 80.3 Å². The molecule has 2 aromatic heterocycles. The van der Waals surface area contributed by atoms with Gasteiger partial charge in [-0.2, -0.15) is 4.57 Å². The number of rotatable bonds is 7. The first-order valence-electron chi connectivity index (χ1n) is 17.7. The van der Waals surface area contributed by atoms with Gasteiger partial charge in [0.1, 0.15) is 26.0 Å². The Kier molecular flexibility index (Phi) is 11.1. The number of fused-ring (bicyclic) bond motifs is 6. The lowest BCUT2D eigenvalue weighted by atomic mass is 10.1. The summed E-state index contributed by atoms with van der Waals surface area (Å²) in [5.41, 5.74) is 3.49. The number of aromatic nitrogens is 2. The SMILES string of the molecule is CCN1C(=CC=CC=c2sc(=Cc3sc4c5ccccc5ccc4[n+]3CC)n(CC)c2=O)Sc2c1ccc1ccccc21.Cc1ccc(S(=O)(=O)[O-])cc1. The minimum atomic E-state index is -4.27. The fourth-order valence-electron chi connectivity index (χ4n) is 6.59. The lowest BCUT2D eigenvalue weighted by Crippen LogP contribution is -2.35. The van der Waals surface area contributed by atoms with E-state index in [-0.39, 0.29) is 10.5 Å². The Bertz CT molecular complexity index is 2890. The number of hydrogen-bond acceptors (Lipinski definition) is 8. The topological polar surface area (TPSA) is 86.3 Å². The largest absolute Gasteiger partial charge is 0.744 e. The van der Waals surface area contributed by atoms with Crippen molar-refractivity contribution in [2.24, 2.45) is 0 Å². The van der Waals surface area contributed by atoms with Gasteiger partial charge in [0.15, 0.2) is 0 Å². The Morgan fingerprint density at radius 2 is 1.44 bits per heavy atom. The van der Waals surface area contributed by atoms with Crippen molar-refractivity contribution in [2.45, 2.75) is 50.6 Å². The minimum Gasteiger partial charge on any atom is -0.744 e. The fourth-order valence-corrected chi connectivity index (χ4v) is 10.8. The lowest BCUT2D eigenvalue weighted by Gasteiger charge is -2.17. The van der Waals surface area contributed by atoms with E-state index in [0.29, 0.717) is 6.54 Å². The van der Waals surface area contributed by atoms with Crippen molar-refractivity contribution in [2.75, 3.05) is 11.4 Å². The van der Waals surface area contributed by atoms with Crippen LogP contribution < -0.4 is 24.2 Å². The molecule has 5 aromatic carbocycles. The molecule has 274 valence electrons. The highest BCUT2D eigenvalue weighted by molar-refractivity contribution is 8.04. The maximum Gasteiger partial charge on any atom is 0.269 e. The maximum absolute atomic E-state index is 13.4. The zero-order valence-corrected chi connectivity index (χ0v) is 33.6. The summed E-state index contributed by atoms with van der Waals surface area (Å²) < 4.78 is 38.4. The van der Waals surface area contributed by atoms with Gasteiger partial charge in [0, 0.05) is 29.4 Å². The summed E-state index contributed by atoms with van der Waals surface area (Å²) in [6.45, 7) is 10.6. The van der Waals surface area contributed by atoms with Crippen LogP contribution in [0.2, 0.25) is 0 Å². The molecule has 11 heteroatoms. The zero-order chi connectivity index (χ0) is 38.0. The van der Waals surface area contributed by atoms with Crippen LogP contribution in [-0.4, -0.2) is 24.1 Å². The molecular weight excluding hydrogens is 751 g/mol. The van der Waals surface area contributed by atoms with Gasteiger partial charge in [0.2, 0.25) is 5.52 Å². The van der Waals surface area contributed by atoms with Crippen molar-refractivity contribution in [1.29, 1.82) is 0 Å². The lowest BCUT2D eigenvalue weighted by molar-refractivity contribution is -0.665. The predicted molar refractivity (Wildman–Crippen MR) is 226 cm³/mol. The molecule has 1 aliphatic heterocycles. The summed E-state index contributed by atoms with van der Waals surface area (Å²) in [7, 11) is -4.27. The molecule has 0 spiro atoms. The molecule has 54 heavy (non-hydrogen) atoms. The molecule has 8 rings (SSSR count). The Balaban J connectivity index is 0.000000353. The number of thioether (sulfide) groups is 1. The van der Waals surface area contributed by atoms with E-state index in [1.54, 1.807) is 34.8 Å². The van der Waals surface area contributed by atoms with Gasteiger partial charge in [-0.1, -0.05) is 108 Å². The third kappa shape index (κ3) is 7.47. The molecule has 0 radical (unpaired) electrons. The number of aryl methyl sites for hydroxylation is 2. The Hall–Kier alpha value is -4.78. The minimum absolute atomic E-state index is 0.0648. The summed E-state index contributed by atoms with van der Waals surface area (Å²) in [4.78, 5) is 16.9. The van der Waals surface area contributed by atoms with Gasteiger partial charge in [-0.15, -0.1) is 11.3 Å². The molecule has 1 aliphatic rings. The molecule has 0 atom stereocenters. The summed E-state index contributed by atoms with van der Waals surface area (Å²) in [6, 6.07) is 31.8. The van der Waals surface area contributed by atoms with Gasteiger partial charge in [-0.3, -0.25) is 9.36 Å². The van der Waals surface area contributed by atoms with E-state index in [9.17, 15) is 17.8 Å². The molecule has 7 nitrogen and oxygen atoms in total. The van der Waals surface area contributed by atoms with Crippen molar-refractivity contribution in [3.05, 3.63) is 150 Å². The Morgan fingerprint density at radius 3 is 2.13 bits per heavy atom. The van der Waals surface area contributed by atoms with E-state index in [2.05, 4.69) is 114 Å². The molecule has 0 fully saturated rings. The van der Waals surface area contributed by atoms with Crippen LogP contribution in [-0.2, 0) is 23.2 Å². The van der Waals surface area contributed by atoms with Crippen LogP contribution in [0.25, 0.3) is 43.9 Å². The Morgan fingerprint density at radius 1 is 0.778 bits per heavy atom. The third-order valence-corrected chi connectivity index (χ3v) is 13.6. The third-order valence-electron chi connectivity index (χ3n) is 9.28. The first-order chi connectivity index (χ1) is 26.1. The predicted octanol–water partition coefficient (Wildman–Crippen LogP) is 8.30. The van der Waals surface area contributed by atoms with E-state index >= 15 is 0 Å². The van der Waals surface area contributed by atoms with Crippen LogP contribution in [0.3, 0.4) is 0 Å². The molecule has 0 saturated heterocycles. The van der Waals surface area contributed by atoms with E-state index in [0.717, 1.165) is 32.9 Å². The number of anilines is 1. The standard InChI is InChI=1S/C36H32N3OS3.C7H8O3S/c1-4-37-28-21-19-24-13-7-9-15-26(24)34(28)42-31(37)18-12-11-17-30-36(40)39(6-3)33(41-30)23-32-38(5-2)29-22-20-25-14-8-10-16-27(25)35(29)43-32;1-6-2-4-7(5-3-6)11(8,9)10/h7-23H,4-6H2,1-3H3;2-5H,1H3,(H,8,9,10)/q+1;/p-1. The number of allylic oxidation sites excluding steroid dienone is 3. The quantitative estimate of drug-likeness (QED) is 0.119. The molecular formula is C43H39N3O4S4. The van der Waals surface area contributed by atoms with Crippen molar-refractivity contribution in [3.8, 4) is 0 Å². The summed E-state index contributed by atoms with van der Waals surface area (Å²) in [5.74, 6) is 0. The van der Waals surface area contributed by atoms with Crippen molar-refractivity contribution >= 4 is 94.2 Å². The maximum atomic E-state index is 13.4. The molecule has 3 heterocycles. The van der Waals surface area contributed by atoms with Gasteiger partial charge in [-0.25, -0.2) is 8.42 Å². The molecule has 0 saturated carbocycles. The normalized spacial score (nSPS) is 14.5. The molecule has 7 aromatic rings. The van der Waals surface area contributed by atoms with E-state index in [4.69, 9.17) is 0 Å². The number of benzene rings is 5. The fraction of sp³-hybridized carbons (Fsp3) is 0.163. The highest BCUT2D eigenvalue weighted by Gasteiger charge is 2.25. The summed E-state index contributed by atoms with van der Waals surface area (Å²) in [6.07, 6.45) is 10.4. The molecule has 0 amide bonds. The van der Waals surface area contributed by atoms with Gasteiger partial charge in [0.05, 0.1) is 26.2 Å². The van der Waals surface area contributed by atoms with Gasteiger partial charge >= 0.3 is 0 Å². The van der Waals surface area contributed by atoms with Crippen molar-refractivity contribution in [3.63, 3.8) is 0 Å². The first-order valence-corrected chi connectivity index (χ1v) is 21.6. The van der Waals surface area contributed by atoms with Crippen LogP contribution in [0.1, 0.15) is 31.3 Å². The average molecular weight is 790 g/mol. The molecule has 0 unspecified atom stereocenters. The van der Waals surface area contributed by atoms with Crippen LogP contribution in [0.15, 0.2) is 135 Å². The Labute approximate surface area is 326 Å². The second-order valence-corrected chi connectivity index (χ2v) is 17.1. The second kappa shape index (κ2) is 15.9. The van der Waals surface area contributed by atoms with Crippen LogP contribution in [0.5, 0.6) is 0 Å². The van der Waals surface area contributed by atoms with E-state index in [1.165, 1.54) is 59.5 Å². The van der Waals surface area contributed by atoms with Crippen LogP contribution in [0.4, 0.5) is 5.69 Å². The van der Waals surface area contributed by atoms with Gasteiger partial charge in [0.25, 0.3) is 10.6 Å². The van der Waals surface area contributed by atoms with E-state index < -0.39 is 10.1 Å². The first kappa shape index (κ1) is 37.5. The highest BCUT2D eigenvalue weighted by Crippen LogP contribution is 2.49. The van der Waals surface area contributed by atoms with Crippen molar-refractivity contribution < 1.29 is 17.5 Å². The second-order valence-electron chi connectivity index (χ2n) is 12.6. The molecule has 0 bridgehead atoms. The van der Waals surface area contributed by atoms with Crippen LogP contribution >= 0.6 is 34.4 Å². The van der Waals surface area contributed by atoms with Gasteiger partial charge < -0.3 is 9.45 Å². The molecule has 0 N–H and O–H groups in total. The molecule has 0 aliphatic carbocycles. The zero-order valence-electron chi connectivity index (χ0n) is 30.4. The number of nitrogens with zero attached hydrogens (tertiary/aromatic N) is 3. The summed E-state index contributed by atoms with van der Waals surface area (Å²) in [5, 5.41) is 7.45. The van der Waals surface area contributed by atoms with E-state index in [1.807, 2.05) is 42.3 Å².